The quantitative estimate of drug-likeness (QED) is 0.430. The van der Waals surface area contributed by atoms with Gasteiger partial charge in [-0.15, -0.1) is 11.3 Å². The van der Waals surface area contributed by atoms with E-state index in [4.69, 9.17) is 4.74 Å². The molecule has 0 amide bonds. The maximum Gasteiger partial charge on any atom is 0.332 e. The topological polar surface area (TPSA) is 110 Å². The lowest BCUT2D eigenvalue weighted by Crippen LogP contribution is -2.27. The van der Waals surface area contributed by atoms with Crippen LogP contribution in [0.25, 0.3) is 26.9 Å². The SMILES string of the molecule is COc1c(-c2ccc3c(NS(C)(=O)=O)csc3c2)cc(-n2ccc(=O)[nH]c2=O)cc1C(C)(C)C. The van der Waals surface area contributed by atoms with Crippen molar-refractivity contribution in [2.75, 3.05) is 18.1 Å². The van der Waals surface area contributed by atoms with Crippen LogP contribution in [-0.2, 0) is 15.4 Å². The van der Waals surface area contributed by atoms with Crippen LogP contribution in [0.3, 0.4) is 0 Å². The lowest BCUT2D eigenvalue weighted by Gasteiger charge is -2.25. The molecule has 0 atom stereocenters. The van der Waals surface area contributed by atoms with Gasteiger partial charge < -0.3 is 4.74 Å². The molecule has 0 radical (unpaired) electrons. The fourth-order valence-corrected chi connectivity index (χ4v) is 5.41. The van der Waals surface area contributed by atoms with Gasteiger partial charge in [-0.25, -0.2) is 13.2 Å². The molecule has 4 aromatic rings. The van der Waals surface area contributed by atoms with Gasteiger partial charge in [0, 0.05) is 38.9 Å². The summed E-state index contributed by atoms with van der Waals surface area (Å²) in [7, 11) is -1.79. The highest BCUT2D eigenvalue weighted by atomic mass is 32.2. The average molecular weight is 500 g/mol. The third kappa shape index (κ3) is 4.64. The predicted molar refractivity (Wildman–Crippen MR) is 137 cm³/mol. The van der Waals surface area contributed by atoms with Crippen LogP contribution >= 0.6 is 11.3 Å². The number of ether oxygens (including phenoxy) is 1. The van der Waals surface area contributed by atoms with Crippen LogP contribution < -0.4 is 20.7 Å². The highest BCUT2D eigenvalue weighted by molar-refractivity contribution is 7.92. The van der Waals surface area contributed by atoms with Gasteiger partial charge in [-0.3, -0.25) is 19.1 Å². The molecule has 0 saturated carbocycles. The molecule has 2 N–H and O–H groups in total. The number of fused-ring (bicyclic) bond motifs is 1. The molecule has 0 unspecified atom stereocenters. The van der Waals surface area contributed by atoms with E-state index in [0.717, 1.165) is 33.0 Å². The summed E-state index contributed by atoms with van der Waals surface area (Å²) in [5.41, 5.74) is 2.34. The van der Waals surface area contributed by atoms with Gasteiger partial charge in [-0.05, 0) is 29.2 Å². The van der Waals surface area contributed by atoms with Crippen molar-refractivity contribution in [3.8, 4) is 22.6 Å². The molecule has 178 valence electrons. The van der Waals surface area contributed by atoms with Crippen molar-refractivity contribution >= 4 is 37.1 Å². The number of aromatic nitrogens is 2. The summed E-state index contributed by atoms with van der Waals surface area (Å²) in [6.45, 7) is 6.17. The van der Waals surface area contributed by atoms with Gasteiger partial charge in [0.05, 0.1) is 24.7 Å². The molecular weight excluding hydrogens is 474 g/mol. The Balaban J connectivity index is 1.97. The second kappa shape index (κ2) is 8.44. The summed E-state index contributed by atoms with van der Waals surface area (Å²) in [5.74, 6) is 0.680. The Labute approximate surface area is 200 Å². The molecule has 8 nitrogen and oxygen atoms in total. The van der Waals surface area contributed by atoms with Gasteiger partial charge >= 0.3 is 5.69 Å². The third-order valence-electron chi connectivity index (χ3n) is 5.37. The maximum atomic E-state index is 12.5. The van der Waals surface area contributed by atoms with E-state index in [1.165, 1.54) is 28.2 Å². The van der Waals surface area contributed by atoms with Crippen LogP contribution in [0.4, 0.5) is 5.69 Å². The largest absolute Gasteiger partial charge is 0.496 e. The van der Waals surface area contributed by atoms with Crippen molar-refractivity contribution < 1.29 is 13.2 Å². The van der Waals surface area contributed by atoms with E-state index in [9.17, 15) is 18.0 Å². The number of thiophene rings is 1. The maximum absolute atomic E-state index is 12.5. The third-order valence-corrected chi connectivity index (χ3v) is 6.91. The molecule has 0 bridgehead atoms. The standard InChI is InChI=1S/C24H25N3O5S2/c1-24(2,3)18-12-15(27-9-8-21(28)25-23(27)29)11-17(22(18)32-4)14-6-7-16-19(26-34(5,30)31)13-33-20(16)10-14/h6-13,26H,1-5H3,(H,25,28,29). The zero-order chi connectivity index (χ0) is 24.8. The molecule has 0 aliphatic rings. The monoisotopic (exact) mass is 499 g/mol. The first kappa shape index (κ1) is 23.8. The van der Waals surface area contributed by atoms with E-state index in [-0.39, 0.29) is 5.41 Å². The molecular formula is C24H25N3O5S2. The van der Waals surface area contributed by atoms with E-state index >= 15 is 0 Å². The van der Waals surface area contributed by atoms with Crippen molar-refractivity contribution in [1.29, 1.82) is 0 Å². The normalized spacial score (nSPS) is 12.1. The number of hydrogen-bond donors (Lipinski definition) is 2. The minimum Gasteiger partial charge on any atom is -0.496 e. The summed E-state index contributed by atoms with van der Waals surface area (Å²) in [5, 5.41) is 2.56. The Bertz CT molecular complexity index is 1620. The second-order valence-electron chi connectivity index (χ2n) is 9.04. The zero-order valence-electron chi connectivity index (χ0n) is 19.4. The first-order chi connectivity index (χ1) is 15.9. The van der Waals surface area contributed by atoms with Crippen molar-refractivity contribution in [1.82, 2.24) is 9.55 Å². The molecule has 10 heteroatoms. The summed E-state index contributed by atoms with van der Waals surface area (Å²) < 4.78 is 34.1. The first-order valence-electron chi connectivity index (χ1n) is 10.4. The number of nitrogens with one attached hydrogen (secondary N) is 2. The van der Waals surface area contributed by atoms with Crippen LogP contribution in [0.2, 0.25) is 0 Å². The molecule has 0 aliphatic carbocycles. The van der Waals surface area contributed by atoms with Crippen LogP contribution in [0.1, 0.15) is 26.3 Å². The summed E-state index contributed by atoms with van der Waals surface area (Å²) >= 11 is 1.43. The van der Waals surface area contributed by atoms with E-state index in [1.807, 2.05) is 30.3 Å². The molecule has 2 aromatic heterocycles. The highest BCUT2D eigenvalue weighted by Crippen LogP contribution is 2.43. The number of H-pyrrole nitrogens is 1. The molecule has 0 spiro atoms. The number of rotatable bonds is 5. The van der Waals surface area contributed by atoms with Gasteiger partial charge in [0.25, 0.3) is 5.56 Å². The van der Waals surface area contributed by atoms with Crippen LogP contribution in [0, 0.1) is 0 Å². The first-order valence-corrected chi connectivity index (χ1v) is 13.2. The van der Waals surface area contributed by atoms with E-state index in [2.05, 4.69) is 30.5 Å². The van der Waals surface area contributed by atoms with E-state index < -0.39 is 21.3 Å². The Morgan fingerprint density at radius 3 is 2.44 bits per heavy atom. The Morgan fingerprint density at radius 1 is 1.09 bits per heavy atom. The molecule has 0 aliphatic heterocycles. The summed E-state index contributed by atoms with van der Waals surface area (Å²) in [6.07, 6.45) is 2.57. The predicted octanol–water partition coefficient (Wildman–Crippen LogP) is 4.09. The number of aromatic amines is 1. The minimum atomic E-state index is -3.40. The Morgan fingerprint density at radius 2 is 1.82 bits per heavy atom. The smallest absolute Gasteiger partial charge is 0.332 e. The van der Waals surface area contributed by atoms with Gasteiger partial charge in [0.2, 0.25) is 10.0 Å². The van der Waals surface area contributed by atoms with E-state index in [1.54, 1.807) is 12.5 Å². The van der Waals surface area contributed by atoms with Crippen LogP contribution in [-0.4, -0.2) is 31.3 Å². The molecule has 2 heterocycles. The van der Waals surface area contributed by atoms with Gasteiger partial charge in [-0.2, -0.15) is 0 Å². The highest BCUT2D eigenvalue weighted by Gasteiger charge is 2.24. The van der Waals surface area contributed by atoms with Crippen molar-refractivity contribution in [3.05, 3.63) is 74.4 Å². The fourth-order valence-electron chi connectivity index (χ4n) is 3.84. The summed E-state index contributed by atoms with van der Waals surface area (Å²) in [4.78, 5) is 26.4. The average Bonchev–Trinajstić information content (AvgIpc) is 3.12. The fraction of sp³-hybridized carbons (Fsp3) is 0.250. The van der Waals surface area contributed by atoms with Crippen LogP contribution in [0.15, 0.2) is 57.6 Å². The molecule has 0 fully saturated rings. The van der Waals surface area contributed by atoms with Gasteiger partial charge in [0.1, 0.15) is 5.75 Å². The Kier molecular flexibility index (Phi) is 5.91. The summed E-state index contributed by atoms with van der Waals surface area (Å²) in [6, 6.07) is 10.8. The van der Waals surface area contributed by atoms with Gasteiger partial charge in [-0.1, -0.05) is 32.9 Å². The number of methoxy groups -OCH3 is 1. The lowest BCUT2D eigenvalue weighted by molar-refractivity contribution is 0.399. The van der Waals surface area contributed by atoms with Gasteiger partial charge in [0.15, 0.2) is 0 Å². The van der Waals surface area contributed by atoms with Crippen molar-refractivity contribution in [2.24, 2.45) is 0 Å². The van der Waals surface area contributed by atoms with E-state index in [0.29, 0.717) is 17.1 Å². The molecule has 2 aromatic carbocycles. The minimum absolute atomic E-state index is 0.304. The number of benzene rings is 2. The zero-order valence-corrected chi connectivity index (χ0v) is 21.1. The lowest BCUT2D eigenvalue weighted by atomic mass is 9.83. The number of anilines is 1. The second-order valence-corrected chi connectivity index (χ2v) is 11.7. The number of hydrogen-bond acceptors (Lipinski definition) is 6. The van der Waals surface area contributed by atoms with Crippen LogP contribution in [0.5, 0.6) is 5.75 Å². The molecule has 4 rings (SSSR count). The van der Waals surface area contributed by atoms with Crippen molar-refractivity contribution in [3.63, 3.8) is 0 Å². The van der Waals surface area contributed by atoms with Crippen molar-refractivity contribution in [2.45, 2.75) is 26.2 Å². The number of nitrogens with zero attached hydrogens (tertiary/aromatic N) is 1. The number of sulfonamides is 1. The molecule has 0 saturated heterocycles. The molecule has 34 heavy (non-hydrogen) atoms. The Hall–Kier alpha value is -3.37.